The van der Waals surface area contributed by atoms with Crippen molar-refractivity contribution in [1.29, 1.82) is 0 Å². The Morgan fingerprint density at radius 2 is 1.45 bits per heavy atom. The second kappa shape index (κ2) is 9.21. The first kappa shape index (κ1) is 18.2. The van der Waals surface area contributed by atoms with Crippen LogP contribution in [-0.2, 0) is 19.5 Å². The first-order valence-electron chi connectivity index (χ1n) is 7.01. The van der Waals surface area contributed by atoms with Crippen molar-refractivity contribution in [2.24, 2.45) is 0 Å². The molecule has 0 atom stereocenters. The summed E-state index contributed by atoms with van der Waals surface area (Å²) >= 11 is 0. The van der Waals surface area contributed by atoms with Crippen LogP contribution in [0, 0.1) is 0 Å². The fourth-order valence-electron chi connectivity index (χ4n) is 1.98. The molecule has 5 heteroatoms. The third kappa shape index (κ3) is 4.57. The van der Waals surface area contributed by atoms with Crippen LogP contribution in [0.15, 0.2) is 48.5 Å². The second-order valence-corrected chi connectivity index (χ2v) is 4.31. The van der Waals surface area contributed by atoms with Crippen LogP contribution in [0.4, 0.5) is 5.69 Å². The Morgan fingerprint density at radius 1 is 0.909 bits per heavy atom. The fraction of sp³-hybridized carbons (Fsp3) is 0.235. The number of hydrogen-bond acceptors (Lipinski definition) is 3. The minimum atomic E-state index is -0.216. The van der Waals surface area contributed by atoms with E-state index in [4.69, 9.17) is 9.47 Å². The van der Waals surface area contributed by atoms with Crippen LogP contribution < -0.4 is 14.8 Å². The minimum absolute atomic E-state index is 0. The van der Waals surface area contributed by atoms with Gasteiger partial charge in [0.15, 0.2) is 0 Å². The van der Waals surface area contributed by atoms with Gasteiger partial charge in [-0.3, -0.25) is 4.79 Å². The standard InChI is InChI=1S/C17H19NO3.Zn/c1-3-20-15-11-7-5-9-13(15)17(19)18-14-10-6-8-12-16(14)21-4-2;/h5-12H,3-4H2,1-2H3,(H,18,19);. The molecule has 112 valence electrons. The second-order valence-electron chi connectivity index (χ2n) is 4.31. The van der Waals surface area contributed by atoms with Crippen molar-refractivity contribution in [2.45, 2.75) is 13.8 Å². The summed E-state index contributed by atoms with van der Waals surface area (Å²) in [6, 6.07) is 14.5. The van der Waals surface area contributed by atoms with Crippen LogP contribution in [0.1, 0.15) is 24.2 Å². The fourth-order valence-corrected chi connectivity index (χ4v) is 1.98. The summed E-state index contributed by atoms with van der Waals surface area (Å²) in [7, 11) is 0. The molecular formula is C17H19NO3Zn. The number of para-hydroxylation sites is 3. The van der Waals surface area contributed by atoms with Crippen LogP contribution >= 0.6 is 0 Å². The Labute approximate surface area is 143 Å². The number of anilines is 1. The van der Waals surface area contributed by atoms with Crippen LogP contribution in [0.5, 0.6) is 11.5 Å². The van der Waals surface area contributed by atoms with E-state index >= 15 is 0 Å². The van der Waals surface area contributed by atoms with E-state index in [1.54, 1.807) is 12.1 Å². The number of ether oxygens (including phenoxy) is 2. The van der Waals surface area contributed by atoms with Gasteiger partial charge in [0.05, 0.1) is 24.5 Å². The molecule has 0 aliphatic heterocycles. The molecule has 0 spiro atoms. The first-order chi connectivity index (χ1) is 10.3. The topological polar surface area (TPSA) is 47.6 Å². The SMILES string of the molecule is CCOc1ccccc1NC(=O)c1ccccc1OCC.[Zn]. The number of nitrogens with one attached hydrogen (secondary N) is 1. The molecule has 0 aliphatic rings. The molecule has 0 radical (unpaired) electrons. The van der Waals surface area contributed by atoms with Crippen molar-refractivity contribution in [3.8, 4) is 11.5 Å². The Morgan fingerprint density at radius 3 is 2.14 bits per heavy atom. The van der Waals surface area contributed by atoms with Crippen molar-refractivity contribution in [3.63, 3.8) is 0 Å². The van der Waals surface area contributed by atoms with E-state index in [0.717, 1.165) is 0 Å². The molecular weight excluding hydrogens is 332 g/mol. The Balaban J connectivity index is 0.00000242. The zero-order chi connectivity index (χ0) is 15.1. The quantitative estimate of drug-likeness (QED) is 0.807. The Bertz CT molecular complexity index is 616. The molecule has 0 unspecified atom stereocenters. The van der Waals surface area contributed by atoms with Crippen molar-refractivity contribution in [3.05, 3.63) is 54.1 Å². The van der Waals surface area contributed by atoms with E-state index < -0.39 is 0 Å². The molecule has 0 bridgehead atoms. The van der Waals surface area contributed by atoms with E-state index in [-0.39, 0.29) is 25.4 Å². The van der Waals surface area contributed by atoms with Crippen molar-refractivity contribution in [1.82, 2.24) is 0 Å². The summed E-state index contributed by atoms with van der Waals surface area (Å²) in [4.78, 5) is 12.4. The van der Waals surface area contributed by atoms with Crippen molar-refractivity contribution >= 4 is 11.6 Å². The van der Waals surface area contributed by atoms with Gasteiger partial charge in [-0.15, -0.1) is 0 Å². The molecule has 2 aromatic carbocycles. The number of amides is 1. The zero-order valence-corrected chi connectivity index (χ0v) is 15.9. The summed E-state index contributed by atoms with van der Waals surface area (Å²) in [6.07, 6.45) is 0. The molecule has 0 heterocycles. The van der Waals surface area contributed by atoms with Gasteiger partial charge in [-0.1, -0.05) is 24.3 Å². The number of rotatable bonds is 6. The summed E-state index contributed by atoms with van der Waals surface area (Å²) in [6.45, 7) is 4.85. The molecule has 2 aromatic rings. The minimum Gasteiger partial charge on any atom is -0.493 e. The largest absolute Gasteiger partial charge is 0.493 e. The Hall–Kier alpha value is -1.87. The van der Waals surface area contributed by atoms with E-state index in [1.807, 2.05) is 50.2 Å². The number of benzene rings is 2. The average Bonchev–Trinajstić information content (AvgIpc) is 2.50. The normalized spacial score (nSPS) is 9.55. The van der Waals surface area contributed by atoms with Crippen molar-refractivity contribution < 1.29 is 33.7 Å². The van der Waals surface area contributed by atoms with Crippen LogP contribution in [0.25, 0.3) is 0 Å². The zero-order valence-electron chi connectivity index (χ0n) is 13.0. The monoisotopic (exact) mass is 349 g/mol. The molecule has 0 fully saturated rings. The van der Waals surface area contributed by atoms with Gasteiger partial charge in [-0.25, -0.2) is 0 Å². The molecule has 0 saturated heterocycles. The van der Waals surface area contributed by atoms with Gasteiger partial charge in [0.2, 0.25) is 0 Å². The van der Waals surface area contributed by atoms with Gasteiger partial charge in [-0.2, -0.15) is 0 Å². The summed E-state index contributed by atoms with van der Waals surface area (Å²) in [5.41, 5.74) is 1.15. The van der Waals surface area contributed by atoms with E-state index in [9.17, 15) is 4.79 Å². The number of carbonyl (C=O) groups excluding carboxylic acids is 1. The van der Waals surface area contributed by atoms with E-state index in [0.29, 0.717) is 36.0 Å². The van der Waals surface area contributed by atoms with Gasteiger partial charge >= 0.3 is 0 Å². The van der Waals surface area contributed by atoms with Gasteiger partial charge < -0.3 is 14.8 Å². The predicted molar refractivity (Wildman–Crippen MR) is 83.2 cm³/mol. The molecule has 4 nitrogen and oxygen atoms in total. The maximum Gasteiger partial charge on any atom is 0.259 e. The maximum absolute atomic E-state index is 12.4. The molecule has 1 amide bonds. The van der Waals surface area contributed by atoms with Gasteiger partial charge in [0.25, 0.3) is 5.91 Å². The van der Waals surface area contributed by atoms with Gasteiger partial charge in [-0.05, 0) is 38.1 Å². The first-order valence-corrected chi connectivity index (χ1v) is 7.01. The third-order valence-corrected chi connectivity index (χ3v) is 2.87. The van der Waals surface area contributed by atoms with Gasteiger partial charge in [0, 0.05) is 19.5 Å². The number of hydrogen-bond donors (Lipinski definition) is 1. The summed E-state index contributed by atoms with van der Waals surface area (Å²) < 4.78 is 11.0. The Kier molecular flexibility index (Phi) is 7.61. The molecule has 22 heavy (non-hydrogen) atoms. The van der Waals surface area contributed by atoms with Crippen LogP contribution in [-0.4, -0.2) is 19.1 Å². The molecule has 0 aliphatic carbocycles. The smallest absolute Gasteiger partial charge is 0.259 e. The molecule has 0 aromatic heterocycles. The van der Waals surface area contributed by atoms with E-state index in [2.05, 4.69) is 5.32 Å². The third-order valence-electron chi connectivity index (χ3n) is 2.87. The molecule has 2 rings (SSSR count). The molecule has 0 saturated carbocycles. The molecule has 1 N–H and O–H groups in total. The van der Waals surface area contributed by atoms with Gasteiger partial charge in [0.1, 0.15) is 11.5 Å². The predicted octanol–water partition coefficient (Wildman–Crippen LogP) is 3.73. The summed E-state index contributed by atoms with van der Waals surface area (Å²) in [5, 5.41) is 2.87. The summed E-state index contributed by atoms with van der Waals surface area (Å²) in [5.74, 6) is 1.01. The van der Waals surface area contributed by atoms with Crippen LogP contribution in [0.3, 0.4) is 0 Å². The van der Waals surface area contributed by atoms with Crippen LogP contribution in [0.2, 0.25) is 0 Å². The van der Waals surface area contributed by atoms with Crippen molar-refractivity contribution in [2.75, 3.05) is 18.5 Å². The van der Waals surface area contributed by atoms with E-state index in [1.165, 1.54) is 0 Å². The maximum atomic E-state index is 12.4. The average molecular weight is 351 g/mol. The number of carbonyl (C=O) groups is 1.